The molecule has 4 nitrogen and oxygen atoms in total. The monoisotopic (exact) mass is 444 g/mol. The number of carbonyl (C=O) groups is 2. The van der Waals surface area contributed by atoms with E-state index in [4.69, 9.17) is 9.47 Å². The Bertz CT molecular complexity index is 1020. The highest BCUT2D eigenvalue weighted by molar-refractivity contribution is 5.92. The van der Waals surface area contributed by atoms with Crippen LogP contribution in [0.3, 0.4) is 0 Å². The van der Waals surface area contributed by atoms with Crippen molar-refractivity contribution in [2.75, 3.05) is 0 Å². The van der Waals surface area contributed by atoms with Crippen LogP contribution in [0.2, 0.25) is 0 Å². The summed E-state index contributed by atoms with van der Waals surface area (Å²) in [5, 5.41) is 0. The molecule has 0 aliphatic heterocycles. The molecular formula is C29H32O4. The fourth-order valence-electron chi connectivity index (χ4n) is 3.52. The van der Waals surface area contributed by atoms with Gasteiger partial charge in [-0.2, -0.15) is 0 Å². The van der Waals surface area contributed by atoms with Crippen LogP contribution in [0.1, 0.15) is 77.8 Å². The molecule has 0 atom stereocenters. The summed E-state index contributed by atoms with van der Waals surface area (Å²) in [5.41, 5.74) is 3.30. The first-order valence-corrected chi connectivity index (χ1v) is 11.8. The van der Waals surface area contributed by atoms with Gasteiger partial charge >= 0.3 is 11.9 Å². The third-order valence-corrected chi connectivity index (χ3v) is 5.60. The Kier molecular flexibility index (Phi) is 9.25. The third kappa shape index (κ3) is 7.60. The minimum atomic E-state index is -0.456. The largest absolute Gasteiger partial charge is 0.423 e. The van der Waals surface area contributed by atoms with Crippen LogP contribution >= 0.6 is 0 Å². The van der Waals surface area contributed by atoms with Gasteiger partial charge in [0.25, 0.3) is 0 Å². The van der Waals surface area contributed by atoms with Crippen molar-refractivity contribution in [1.29, 1.82) is 0 Å². The number of ether oxygens (including phenoxy) is 2. The average molecular weight is 445 g/mol. The molecule has 3 aromatic rings. The molecule has 0 amide bonds. The number of unbranched alkanes of at least 4 members (excludes halogenated alkanes) is 4. The maximum atomic E-state index is 12.5. The first-order chi connectivity index (χ1) is 16.1. The van der Waals surface area contributed by atoms with Gasteiger partial charge in [0.1, 0.15) is 11.5 Å². The molecule has 0 aliphatic rings. The van der Waals surface area contributed by atoms with Crippen molar-refractivity contribution in [3.05, 3.63) is 95.1 Å². The second-order valence-electron chi connectivity index (χ2n) is 8.16. The van der Waals surface area contributed by atoms with E-state index in [-0.39, 0.29) is 0 Å². The molecule has 0 heterocycles. The van der Waals surface area contributed by atoms with E-state index in [0.29, 0.717) is 22.6 Å². The van der Waals surface area contributed by atoms with Crippen LogP contribution in [0.4, 0.5) is 0 Å². The molecule has 0 aliphatic carbocycles. The summed E-state index contributed by atoms with van der Waals surface area (Å²) in [7, 11) is 0. The Morgan fingerprint density at radius 1 is 0.576 bits per heavy atom. The molecule has 0 saturated heterocycles. The molecule has 4 heteroatoms. The second-order valence-corrected chi connectivity index (χ2v) is 8.16. The van der Waals surface area contributed by atoms with Gasteiger partial charge in [0.15, 0.2) is 0 Å². The van der Waals surface area contributed by atoms with Crippen LogP contribution in [0.5, 0.6) is 11.5 Å². The van der Waals surface area contributed by atoms with Crippen LogP contribution in [0.15, 0.2) is 72.8 Å². The van der Waals surface area contributed by atoms with Crippen LogP contribution in [0.25, 0.3) is 0 Å². The number of rotatable bonds is 11. The number of hydrogen-bond acceptors (Lipinski definition) is 4. The molecule has 0 saturated carbocycles. The zero-order valence-electron chi connectivity index (χ0n) is 19.5. The first-order valence-electron chi connectivity index (χ1n) is 11.8. The van der Waals surface area contributed by atoms with Crippen molar-refractivity contribution in [1.82, 2.24) is 0 Å². The lowest BCUT2D eigenvalue weighted by molar-refractivity contribution is 0.0730. The Hall–Kier alpha value is -3.40. The molecule has 0 spiro atoms. The molecule has 3 rings (SSSR count). The Labute approximate surface area is 196 Å². The molecule has 0 bridgehead atoms. The van der Waals surface area contributed by atoms with E-state index in [1.807, 2.05) is 24.3 Å². The maximum absolute atomic E-state index is 12.5. The van der Waals surface area contributed by atoms with Crippen molar-refractivity contribution >= 4 is 11.9 Å². The summed E-state index contributed by atoms with van der Waals surface area (Å²) in [6, 6.07) is 21.4. The number of carbonyl (C=O) groups excluding carboxylic acids is 2. The van der Waals surface area contributed by atoms with E-state index in [1.54, 1.807) is 48.5 Å². The highest BCUT2D eigenvalue weighted by Crippen LogP contribution is 2.18. The van der Waals surface area contributed by atoms with Crippen LogP contribution in [-0.4, -0.2) is 11.9 Å². The molecule has 172 valence electrons. The topological polar surface area (TPSA) is 52.6 Å². The van der Waals surface area contributed by atoms with E-state index in [2.05, 4.69) is 13.8 Å². The fourth-order valence-corrected chi connectivity index (χ4v) is 3.52. The van der Waals surface area contributed by atoms with E-state index in [1.165, 1.54) is 43.2 Å². The third-order valence-electron chi connectivity index (χ3n) is 5.60. The molecule has 0 radical (unpaired) electrons. The highest BCUT2D eigenvalue weighted by atomic mass is 16.5. The summed E-state index contributed by atoms with van der Waals surface area (Å²) < 4.78 is 10.9. The van der Waals surface area contributed by atoms with Crippen molar-refractivity contribution in [2.24, 2.45) is 0 Å². The molecular weight excluding hydrogens is 412 g/mol. The predicted octanol–water partition coefficient (Wildman–Crippen LogP) is 7.20. The van der Waals surface area contributed by atoms with Crippen LogP contribution in [0, 0.1) is 0 Å². The van der Waals surface area contributed by atoms with Gasteiger partial charge in [-0.1, -0.05) is 63.8 Å². The molecule has 0 aromatic heterocycles. The van der Waals surface area contributed by atoms with Crippen molar-refractivity contribution in [3.8, 4) is 11.5 Å². The number of aryl methyl sites for hydroxylation is 2. The van der Waals surface area contributed by atoms with Gasteiger partial charge in [0.05, 0.1) is 11.1 Å². The number of benzene rings is 3. The Morgan fingerprint density at radius 2 is 1.03 bits per heavy atom. The van der Waals surface area contributed by atoms with Crippen molar-refractivity contribution < 1.29 is 19.1 Å². The summed E-state index contributed by atoms with van der Waals surface area (Å²) in [5.74, 6) is -0.000737. The van der Waals surface area contributed by atoms with Crippen LogP contribution < -0.4 is 9.47 Å². The number of esters is 2. The van der Waals surface area contributed by atoms with E-state index in [0.717, 1.165) is 12.8 Å². The van der Waals surface area contributed by atoms with Crippen LogP contribution in [-0.2, 0) is 12.8 Å². The Morgan fingerprint density at radius 3 is 1.55 bits per heavy atom. The lowest BCUT2D eigenvalue weighted by Gasteiger charge is -2.08. The summed E-state index contributed by atoms with van der Waals surface area (Å²) in [6.07, 6.45) is 8.19. The predicted molar refractivity (Wildman–Crippen MR) is 131 cm³/mol. The van der Waals surface area contributed by atoms with Crippen molar-refractivity contribution in [3.63, 3.8) is 0 Å². The zero-order chi connectivity index (χ0) is 23.5. The van der Waals surface area contributed by atoms with Gasteiger partial charge in [0.2, 0.25) is 0 Å². The lowest BCUT2D eigenvalue weighted by Crippen LogP contribution is -2.10. The second kappa shape index (κ2) is 12.6. The van der Waals surface area contributed by atoms with E-state index < -0.39 is 11.9 Å². The first kappa shape index (κ1) is 24.2. The maximum Gasteiger partial charge on any atom is 0.343 e. The van der Waals surface area contributed by atoms with Gasteiger partial charge in [-0.3, -0.25) is 0 Å². The van der Waals surface area contributed by atoms with Gasteiger partial charge in [-0.15, -0.1) is 0 Å². The Balaban J connectivity index is 1.50. The SMILES string of the molecule is CCCCCCCc1ccc(C(=O)Oc2ccc(C(=O)Oc3ccc(CC)cc3)cc2)cc1. The molecule has 33 heavy (non-hydrogen) atoms. The van der Waals surface area contributed by atoms with Gasteiger partial charge in [0, 0.05) is 0 Å². The minimum Gasteiger partial charge on any atom is -0.423 e. The van der Waals surface area contributed by atoms with Crippen molar-refractivity contribution in [2.45, 2.75) is 58.8 Å². The molecule has 3 aromatic carbocycles. The minimum absolute atomic E-state index is 0.379. The fraction of sp³-hybridized carbons (Fsp3) is 0.310. The smallest absolute Gasteiger partial charge is 0.343 e. The van der Waals surface area contributed by atoms with E-state index >= 15 is 0 Å². The quantitative estimate of drug-likeness (QED) is 0.178. The standard InChI is InChI=1S/C29H32O4/c1-3-5-6-7-8-9-23-10-14-24(15-11-23)28(30)33-27-20-16-25(17-21-27)29(31)32-26-18-12-22(4-2)13-19-26/h10-21H,3-9H2,1-2H3. The number of hydrogen-bond donors (Lipinski definition) is 0. The summed E-state index contributed by atoms with van der Waals surface area (Å²) >= 11 is 0. The van der Waals surface area contributed by atoms with Gasteiger partial charge in [-0.25, -0.2) is 9.59 Å². The molecule has 0 N–H and O–H groups in total. The molecule has 0 unspecified atom stereocenters. The van der Waals surface area contributed by atoms with Gasteiger partial charge < -0.3 is 9.47 Å². The summed E-state index contributed by atoms with van der Waals surface area (Å²) in [4.78, 5) is 24.8. The zero-order valence-corrected chi connectivity index (χ0v) is 19.5. The highest BCUT2D eigenvalue weighted by Gasteiger charge is 2.12. The lowest BCUT2D eigenvalue weighted by atomic mass is 10.0. The van der Waals surface area contributed by atoms with Gasteiger partial charge in [-0.05, 0) is 78.9 Å². The normalized spacial score (nSPS) is 10.6. The summed E-state index contributed by atoms with van der Waals surface area (Å²) in [6.45, 7) is 4.29. The molecule has 0 fully saturated rings. The average Bonchev–Trinajstić information content (AvgIpc) is 2.85. The van der Waals surface area contributed by atoms with E-state index in [9.17, 15) is 9.59 Å².